The molecule has 0 aliphatic heterocycles. The Bertz CT molecular complexity index is 712. The summed E-state index contributed by atoms with van der Waals surface area (Å²) in [5.41, 5.74) is 5.51. The number of nitrogens with one attached hydrogen (secondary N) is 1. The third-order valence-electron chi connectivity index (χ3n) is 2.28. The van der Waals surface area contributed by atoms with E-state index in [1.54, 1.807) is 16.8 Å². The maximum Gasteiger partial charge on any atom is 0.262 e. The summed E-state index contributed by atoms with van der Waals surface area (Å²) in [6, 6.07) is 5.26. The maximum absolute atomic E-state index is 13.7. The molecule has 1 aromatic carbocycles. The molecule has 4 nitrogen and oxygen atoms in total. The largest absolute Gasteiger partial charge is 0.389 e. The van der Waals surface area contributed by atoms with Crippen LogP contribution in [-0.2, 0) is 10.0 Å². The molecule has 1 aromatic heterocycles. The molecule has 2 aromatic rings. The van der Waals surface area contributed by atoms with Crippen LogP contribution in [0.1, 0.15) is 5.56 Å². The van der Waals surface area contributed by atoms with Gasteiger partial charge in [-0.05, 0) is 23.6 Å². The highest BCUT2D eigenvalue weighted by Gasteiger charge is 2.22. The van der Waals surface area contributed by atoms with Crippen LogP contribution in [0.2, 0.25) is 0 Å². The lowest BCUT2D eigenvalue weighted by Crippen LogP contribution is -2.21. The third kappa shape index (κ3) is 2.91. The summed E-state index contributed by atoms with van der Waals surface area (Å²) in [6.07, 6.45) is 0. The van der Waals surface area contributed by atoms with Gasteiger partial charge in [0, 0.05) is 5.38 Å². The minimum absolute atomic E-state index is 0.272. The van der Waals surface area contributed by atoms with E-state index >= 15 is 0 Å². The molecule has 0 saturated heterocycles. The zero-order valence-electron chi connectivity index (χ0n) is 9.46. The van der Waals surface area contributed by atoms with Crippen LogP contribution in [-0.4, -0.2) is 13.4 Å². The first-order valence-electron chi connectivity index (χ1n) is 5.05. The molecule has 100 valence electrons. The molecular formula is C11H9FN2O2S3. The topological polar surface area (TPSA) is 72.2 Å². The summed E-state index contributed by atoms with van der Waals surface area (Å²) in [7, 11) is -3.93. The number of hydrogen-bond acceptors (Lipinski definition) is 4. The SMILES string of the molecule is NC(=S)c1c(F)cccc1S(=O)(=O)Nc1ccsc1. The summed E-state index contributed by atoms with van der Waals surface area (Å²) in [4.78, 5) is -0.574. The molecule has 0 fully saturated rings. The van der Waals surface area contributed by atoms with E-state index in [2.05, 4.69) is 4.72 Å². The highest BCUT2D eigenvalue weighted by atomic mass is 32.2. The summed E-state index contributed by atoms with van der Waals surface area (Å²) in [5.74, 6) is -0.763. The predicted octanol–water partition coefficient (Wildman–Crippen LogP) is 2.32. The Morgan fingerprint density at radius 3 is 2.68 bits per heavy atom. The van der Waals surface area contributed by atoms with Crippen molar-refractivity contribution in [3.05, 3.63) is 46.4 Å². The lowest BCUT2D eigenvalue weighted by molar-refractivity contribution is 0.594. The highest BCUT2D eigenvalue weighted by Crippen LogP contribution is 2.23. The molecule has 0 spiro atoms. The van der Waals surface area contributed by atoms with E-state index < -0.39 is 15.8 Å². The van der Waals surface area contributed by atoms with Gasteiger partial charge in [-0.3, -0.25) is 4.72 Å². The van der Waals surface area contributed by atoms with Crippen molar-refractivity contribution >= 4 is 44.3 Å². The zero-order valence-corrected chi connectivity index (χ0v) is 11.9. The van der Waals surface area contributed by atoms with Crippen molar-refractivity contribution < 1.29 is 12.8 Å². The van der Waals surface area contributed by atoms with E-state index in [4.69, 9.17) is 18.0 Å². The van der Waals surface area contributed by atoms with Gasteiger partial charge in [-0.2, -0.15) is 11.3 Å². The Morgan fingerprint density at radius 2 is 2.11 bits per heavy atom. The van der Waals surface area contributed by atoms with Crippen LogP contribution < -0.4 is 10.5 Å². The summed E-state index contributed by atoms with van der Waals surface area (Å²) < 4.78 is 40.4. The molecule has 19 heavy (non-hydrogen) atoms. The Hall–Kier alpha value is -1.51. The first-order chi connectivity index (χ1) is 8.92. The van der Waals surface area contributed by atoms with Crippen molar-refractivity contribution in [2.24, 2.45) is 5.73 Å². The van der Waals surface area contributed by atoms with Gasteiger partial charge in [-0.25, -0.2) is 12.8 Å². The average molecular weight is 316 g/mol. The molecule has 3 N–H and O–H groups in total. The second-order valence-electron chi connectivity index (χ2n) is 3.59. The molecule has 0 aliphatic rings. The fraction of sp³-hybridized carbons (Fsp3) is 0. The van der Waals surface area contributed by atoms with Gasteiger partial charge in [0.1, 0.15) is 15.7 Å². The van der Waals surface area contributed by atoms with E-state index in [-0.39, 0.29) is 15.4 Å². The Kier molecular flexibility index (Phi) is 3.83. The van der Waals surface area contributed by atoms with Gasteiger partial charge in [0.05, 0.1) is 11.3 Å². The third-order valence-corrected chi connectivity index (χ3v) is 4.60. The molecule has 0 amide bonds. The van der Waals surface area contributed by atoms with Crippen molar-refractivity contribution in [3.63, 3.8) is 0 Å². The van der Waals surface area contributed by atoms with Gasteiger partial charge < -0.3 is 5.73 Å². The van der Waals surface area contributed by atoms with Gasteiger partial charge in [0.25, 0.3) is 10.0 Å². The lowest BCUT2D eigenvalue weighted by atomic mass is 10.2. The second-order valence-corrected chi connectivity index (χ2v) is 6.47. The molecular weight excluding hydrogens is 307 g/mol. The minimum Gasteiger partial charge on any atom is -0.389 e. The number of anilines is 1. The maximum atomic E-state index is 13.7. The van der Waals surface area contributed by atoms with Crippen molar-refractivity contribution in [2.75, 3.05) is 4.72 Å². The Labute approximate surface area is 119 Å². The molecule has 0 bridgehead atoms. The summed E-state index contributed by atoms with van der Waals surface area (Å²) in [6.45, 7) is 0. The van der Waals surface area contributed by atoms with Crippen LogP contribution in [0, 0.1) is 5.82 Å². The van der Waals surface area contributed by atoms with Gasteiger partial charge in [0.2, 0.25) is 0 Å². The molecule has 0 saturated carbocycles. The van der Waals surface area contributed by atoms with Crippen molar-refractivity contribution in [1.29, 1.82) is 0 Å². The number of hydrogen-bond donors (Lipinski definition) is 2. The van der Waals surface area contributed by atoms with E-state index in [1.807, 2.05) is 0 Å². The standard InChI is InChI=1S/C11H9FN2O2S3/c12-8-2-1-3-9(10(8)11(13)17)19(15,16)14-7-4-5-18-6-7/h1-6,14H,(H2,13,17). The van der Waals surface area contributed by atoms with E-state index in [0.29, 0.717) is 5.69 Å². The van der Waals surface area contributed by atoms with Crippen molar-refractivity contribution in [1.82, 2.24) is 0 Å². The minimum atomic E-state index is -3.93. The number of sulfonamides is 1. The molecule has 0 atom stereocenters. The van der Waals surface area contributed by atoms with Crippen LogP contribution in [0.25, 0.3) is 0 Å². The molecule has 0 aliphatic carbocycles. The summed E-state index contributed by atoms with van der Waals surface area (Å²) in [5, 5.41) is 3.34. The number of thiophene rings is 1. The number of thiocarbonyl (C=S) groups is 1. The molecule has 0 unspecified atom stereocenters. The van der Waals surface area contributed by atoms with Gasteiger partial charge in [-0.1, -0.05) is 18.3 Å². The van der Waals surface area contributed by atoms with Crippen LogP contribution in [0.3, 0.4) is 0 Å². The van der Waals surface area contributed by atoms with Gasteiger partial charge in [-0.15, -0.1) is 0 Å². The Morgan fingerprint density at radius 1 is 1.37 bits per heavy atom. The molecule has 0 radical (unpaired) electrons. The van der Waals surface area contributed by atoms with Crippen LogP contribution in [0.4, 0.5) is 10.1 Å². The van der Waals surface area contributed by atoms with Crippen LogP contribution in [0.15, 0.2) is 39.9 Å². The lowest BCUT2D eigenvalue weighted by Gasteiger charge is -2.11. The van der Waals surface area contributed by atoms with Crippen molar-refractivity contribution in [3.8, 4) is 0 Å². The average Bonchev–Trinajstić information content (AvgIpc) is 2.80. The van der Waals surface area contributed by atoms with E-state index in [1.165, 1.54) is 23.5 Å². The molecule has 1 heterocycles. The molecule has 8 heteroatoms. The second kappa shape index (κ2) is 5.24. The monoisotopic (exact) mass is 316 g/mol. The normalized spacial score (nSPS) is 11.2. The number of halogens is 1. The van der Waals surface area contributed by atoms with E-state index in [0.717, 1.165) is 6.07 Å². The number of rotatable bonds is 4. The van der Waals surface area contributed by atoms with Crippen LogP contribution >= 0.6 is 23.6 Å². The van der Waals surface area contributed by atoms with E-state index in [9.17, 15) is 12.8 Å². The number of benzene rings is 1. The smallest absolute Gasteiger partial charge is 0.262 e. The predicted molar refractivity (Wildman–Crippen MR) is 77.4 cm³/mol. The fourth-order valence-electron chi connectivity index (χ4n) is 1.50. The molecule has 2 rings (SSSR count). The zero-order chi connectivity index (χ0) is 14.0. The first-order valence-corrected chi connectivity index (χ1v) is 7.88. The highest BCUT2D eigenvalue weighted by molar-refractivity contribution is 7.93. The van der Waals surface area contributed by atoms with Gasteiger partial charge in [0.15, 0.2) is 0 Å². The van der Waals surface area contributed by atoms with Gasteiger partial charge >= 0.3 is 0 Å². The fourth-order valence-corrected chi connectivity index (χ4v) is 3.72. The summed E-state index contributed by atoms with van der Waals surface area (Å²) >= 11 is 6.04. The number of nitrogens with two attached hydrogens (primary N) is 1. The first kappa shape index (κ1) is 13.9. The van der Waals surface area contributed by atoms with Crippen LogP contribution in [0.5, 0.6) is 0 Å². The quantitative estimate of drug-likeness (QED) is 0.849. The van der Waals surface area contributed by atoms with Crippen molar-refractivity contribution in [2.45, 2.75) is 4.90 Å². The Balaban J connectivity index is 2.52.